The number of nitrogens with two attached hydrogens (primary N) is 1. The minimum atomic E-state index is -0.725. The number of aliphatic hydroxyl groups is 1. The molecular formula is C13H20FNO2. The Morgan fingerprint density at radius 3 is 2.76 bits per heavy atom. The Hall–Kier alpha value is -0.970. The van der Waals surface area contributed by atoms with E-state index in [-0.39, 0.29) is 11.9 Å². The summed E-state index contributed by atoms with van der Waals surface area (Å²) in [5.74, 6) is -0.299. The molecule has 96 valence electrons. The zero-order valence-electron chi connectivity index (χ0n) is 10.3. The highest BCUT2D eigenvalue weighted by Gasteiger charge is 2.13. The van der Waals surface area contributed by atoms with Gasteiger partial charge in [0, 0.05) is 19.8 Å². The van der Waals surface area contributed by atoms with Crippen LogP contribution in [0.15, 0.2) is 18.2 Å². The number of benzene rings is 1. The quantitative estimate of drug-likeness (QED) is 0.800. The van der Waals surface area contributed by atoms with Crippen molar-refractivity contribution in [1.82, 2.24) is 0 Å². The van der Waals surface area contributed by atoms with Crippen LogP contribution in [-0.2, 0) is 4.74 Å². The van der Waals surface area contributed by atoms with Crippen molar-refractivity contribution in [1.29, 1.82) is 0 Å². The molecule has 0 spiro atoms. The fourth-order valence-corrected chi connectivity index (χ4v) is 1.63. The van der Waals surface area contributed by atoms with E-state index in [2.05, 4.69) is 0 Å². The Bertz CT molecular complexity index is 357. The molecular weight excluding hydrogens is 221 g/mol. The number of halogens is 1. The average molecular weight is 241 g/mol. The van der Waals surface area contributed by atoms with Crippen LogP contribution in [0, 0.1) is 12.7 Å². The smallest absolute Gasteiger partial charge is 0.126 e. The standard InChI is InChI=1S/C13H20FNO2/c1-9-3-4-10(7-12(9)14)13(16)8-11(15)5-6-17-2/h3-4,7,11,13,16H,5-6,8,15H2,1-2H3. The molecule has 0 bridgehead atoms. The molecule has 0 amide bonds. The van der Waals surface area contributed by atoms with E-state index in [1.165, 1.54) is 6.07 Å². The van der Waals surface area contributed by atoms with Gasteiger partial charge in [-0.3, -0.25) is 0 Å². The van der Waals surface area contributed by atoms with E-state index in [1.54, 1.807) is 26.2 Å². The van der Waals surface area contributed by atoms with Crippen LogP contribution in [0.5, 0.6) is 0 Å². The number of aryl methyl sites for hydroxylation is 1. The van der Waals surface area contributed by atoms with E-state index >= 15 is 0 Å². The van der Waals surface area contributed by atoms with Crippen LogP contribution >= 0.6 is 0 Å². The molecule has 17 heavy (non-hydrogen) atoms. The molecule has 1 aromatic rings. The maximum atomic E-state index is 13.3. The van der Waals surface area contributed by atoms with Crippen LogP contribution in [0.2, 0.25) is 0 Å². The molecule has 3 N–H and O–H groups in total. The maximum absolute atomic E-state index is 13.3. The number of aliphatic hydroxyl groups excluding tert-OH is 1. The first-order valence-electron chi connectivity index (χ1n) is 5.73. The van der Waals surface area contributed by atoms with Crippen LogP contribution in [0.4, 0.5) is 4.39 Å². The predicted molar refractivity (Wildman–Crippen MR) is 65.2 cm³/mol. The summed E-state index contributed by atoms with van der Waals surface area (Å²) < 4.78 is 18.2. The Kier molecular flexibility index (Phi) is 5.55. The van der Waals surface area contributed by atoms with Crippen molar-refractivity contribution in [3.8, 4) is 0 Å². The highest BCUT2D eigenvalue weighted by molar-refractivity contribution is 5.24. The molecule has 0 aromatic heterocycles. The molecule has 0 saturated heterocycles. The molecule has 2 unspecified atom stereocenters. The van der Waals surface area contributed by atoms with Crippen molar-refractivity contribution in [2.75, 3.05) is 13.7 Å². The van der Waals surface area contributed by atoms with E-state index in [0.717, 1.165) is 0 Å². The summed E-state index contributed by atoms with van der Waals surface area (Å²) in [5.41, 5.74) is 6.98. The van der Waals surface area contributed by atoms with Crippen molar-refractivity contribution < 1.29 is 14.2 Å². The third-order valence-corrected chi connectivity index (χ3v) is 2.80. The van der Waals surface area contributed by atoms with Crippen LogP contribution < -0.4 is 5.73 Å². The number of hydrogen-bond acceptors (Lipinski definition) is 3. The van der Waals surface area contributed by atoms with E-state index in [4.69, 9.17) is 10.5 Å². The summed E-state index contributed by atoms with van der Waals surface area (Å²) >= 11 is 0. The van der Waals surface area contributed by atoms with E-state index in [9.17, 15) is 9.50 Å². The van der Waals surface area contributed by atoms with Crippen LogP contribution in [0.1, 0.15) is 30.1 Å². The molecule has 0 aliphatic carbocycles. The number of ether oxygens (including phenoxy) is 1. The minimum Gasteiger partial charge on any atom is -0.388 e. The maximum Gasteiger partial charge on any atom is 0.126 e. The van der Waals surface area contributed by atoms with Gasteiger partial charge >= 0.3 is 0 Å². The zero-order valence-corrected chi connectivity index (χ0v) is 10.3. The average Bonchev–Trinajstić information content (AvgIpc) is 2.30. The monoisotopic (exact) mass is 241 g/mol. The van der Waals surface area contributed by atoms with Gasteiger partial charge in [0.15, 0.2) is 0 Å². The summed E-state index contributed by atoms with van der Waals surface area (Å²) in [6, 6.07) is 4.61. The van der Waals surface area contributed by atoms with Crippen LogP contribution in [0.3, 0.4) is 0 Å². The van der Waals surface area contributed by atoms with Gasteiger partial charge in [0.05, 0.1) is 6.10 Å². The Balaban J connectivity index is 2.57. The molecule has 1 rings (SSSR count). The summed E-state index contributed by atoms with van der Waals surface area (Å²) in [5, 5.41) is 9.92. The highest BCUT2D eigenvalue weighted by atomic mass is 19.1. The van der Waals surface area contributed by atoms with Crippen molar-refractivity contribution >= 4 is 0 Å². The van der Waals surface area contributed by atoms with E-state index < -0.39 is 6.10 Å². The molecule has 0 aliphatic heterocycles. The fourth-order valence-electron chi connectivity index (χ4n) is 1.63. The second kappa shape index (κ2) is 6.69. The van der Waals surface area contributed by atoms with Gasteiger partial charge in [-0.05, 0) is 37.0 Å². The van der Waals surface area contributed by atoms with Gasteiger partial charge < -0.3 is 15.6 Å². The first kappa shape index (κ1) is 14.1. The van der Waals surface area contributed by atoms with Crippen molar-refractivity contribution in [2.24, 2.45) is 5.73 Å². The lowest BCUT2D eigenvalue weighted by Crippen LogP contribution is -2.24. The van der Waals surface area contributed by atoms with Gasteiger partial charge in [-0.15, -0.1) is 0 Å². The van der Waals surface area contributed by atoms with Crippen molar-refractivity contribution in [2.45, 2.75) is 31.9 Å². The first-order chi connectivity index (χ1) is 8.04. The molecule has 0 heterocycles. The molecule has 2 atom stereocenters. The van der Waals surface area contributed by atoms with Crippen LogP contribution in [-0.4, -0.2) is 24.9 Å². The topological polar surface area (TPSA) is 55.5 Å². The fraction of sp³-hybridized carbons (Fsp3) is 0.538. The number of methoxy groups -OCH3 is 1. The van der Waals surface area contributed by atoms with E-state index in [1.807, 2.05) is 0 Å². The zero-order chi connectivity index (χ0) is 12.8. The Labute approximate surface area is 101 Å². The van der Waals surface area contributed by atoms with E-state index in [0.29, 0.717) is 30.6 Å². The highest BCUT2D eigenvalue weighted by Crippen LogP contribution is 2.20. The molecule has 1 aromatic carbocycles. The lowest BCUT2D eigenvalue weighted by atomic mass is 10.00. The van der Waals surface area contributed by atoms with Crippen LogP contribution in [0.25, 0.3) is 0 Å². The second-order valence-electron chi connectivity index (χ2n) is 4.30. The molecule has 4 heteroatoms. The largest absolute Gasteiger partial charge is 0.388 e. The SMILES string of the molecule is COCCC(N)CC(O)c1ccc(C)c(F)c1. The molecule has 0 radical (unpaired) electrons. The summed E-state index contributed by atoms with van der Waals surface area (Å²) in [7, 11) is 1.61. The lowest BCUT2D eigenvalue weighted by molar-refractivity contribution is 0.141. The molecule has 0 fully saturated rings. The molecule has 0 saturated carbocycles. The predicted octanol–water partition coefficient (Wildman–Crippen LogP) is 1.92. The number of rotatable bonds is 6. The summed E-state index contributed by atoms with van der Waals surface area (Å²) in [4.78, 5) is 0. The van der Waals surface area contributed by atoms with Crippen molar-refractivity contribution in [3.63, 3.8) is 0 Å². The number of hydrogen-bond donors (Lipinski definition) is 2. The summed E-state index contributed by atoms with van der Waals surface area (Å²) in [6.45, 7) is 2.26. The van der Waals surface area contributed by atoms with Gasteiger partial charge in [0.1, 0.15) is 5.82 Å². The minimum absolute atomic E-state index is 0.144. The van der Waals surface area contributed by atoms with Gasteiger partial charge in [-0.25, -0.2) is 4.39 Å². The van der Waals surface area contributed by atoms with Crippen molar-refractivity contribution in [3.05, 3.63) is 35.1 Å². The first-order valence-corrected chi connectivity index (χ1v) is 5.73. The summed E-state index contributed by atoms with van der Waals surface area (Å²) in [6.07, 6.45) is 0.366. The lowest BCUT2D eigenvalue weighted by Gasteiger charge is -2.16. The Morgan fingerprint density at radius 2 is 2.18 bits per heavy atom. The Morgan fingerprint density at radius 1 is 1.47 bits per heavy atom. The van der Waals surface area contributed by atoms with Gasteiger partial charge in [0.2, 0.25) is 0 Å². The van der Waals surface area contributed by atoms with Gasteiger partial charge in [0.25, 0.3) is 0 Å². The van der Waals surface area contributed by atoms with Gasteiger partial charge in [-0.2, -0.15) is 0 Å². The third-order valence-electron chi connectivity index (χ3n) is 2.80. The third kappa shape index (κ3) is 4.42. The molecule has 3 nitrogen and oxygen atoms in total. The normalized spacial score (nSPS) is 14.6. The molecule has 0 aliphatic rings. The second-order valence-corrected chi connectivity index (χ2v) is 4.30. The van der Waals surface area contributed by atoms with Gasteiger partial charge in [-0.1, -0.05) is 12.1 Å².